The zero-order valence-electron chi connectivity index (χ0n) is 12.9. The maximum Gasteiger partial charge on any atom is 0.236 e. The molecular weight excluding hydrogens is 318 g/mol. The molecule has 1 fully saturated rings. The first-order chi connectivity index (χ1) is 10.5. The maximum atomic E-state index is 12.0. The number of aryl methyl sites for hydroxylation is 1. The minimum Gasteiger partial charge on any atom is -0.303 e. The van der Waals surface area contributed by atoms with Crippen LogP contribution in [0.1, 0.15) is 50.2 Å². The maximum absolute atomic E-state index is 12.0. The summed E-state index contributed by atoms with van der Waals surface area (Å²) < 4.78 is 2.20. The molecule has 0 radical (unpaired) electrons. The summed E-state index contributed by atoms with van der Waals surface area (Å²) >= 11 is 2.88. The minimum atomic E-state index is -0.0595. The van der Waals surface area contributed by atoms with Crippen LogP contribution in [0.4, 0.5) is 5.13 Å². The van der Waals surface area contributed by atoms with Gasteiger partial charge in [-0.3, -0.25) is 4.79 Å². The van der Waals surface area contributed by atoms with Gasteiger partial charge >= 0.3 is 0 Å². The van der Waals surface area contributed by atoms with Gasteiger partial charge in [-0.2, -0.15) is 0 Å². The van der Waals surface area contributed by atoms with Crippen LogP contribution >= 0.6 is 23.1 Å². The number of aromatic nitrogens is 4. The molecule has 0 spiro atoms. The van der Waals surface area contributed by atoms with Crippen LogP contribution in [-0.2, 0) is 4.79 Å². The molecule has 6 nitrogen and oxygen atoms in total. The fourth-order valence-corrected chi connectivity index (χ4v) is 3.67. The van der Waals surface area contributed by atoms with Gasteiger partial charge in [0.2, 0.25) is 5.91 Å². The predicted octanol–water partition coefficient (Wildman–Crippen LogP) is 3.23. The average Bonchev–Trinajstić information content (AvgIpc) is 3.08. The number of thioether (sulfide) groups is 1. The van der Waals surface area contributed by atoms with E-state index in [-0.39, 0.29) is 5.91 Å². The summed E-state index contributed by atoms with van der Waals surface area (Å²) in [7, 11) is 0. The predicted molar refractivity (Wildman–Crippen MR) is 88.6 cm³/mol. The van der Waals surface area contributed by atoms with E-state index in [0.29, 0.717) is 22.8 Å². The van der Waals surface area contributed by atoms with E-state index in [1.54, 1.807) is 0 Å². The van der Waals surface area contributed by atoms with Crippen LogP contribution in [0, 0.1) is 6.92 Å². The molecule has 0 bridgehead atoms. The Morgan fingerprint density at radius 1 is 1.50 bits per heavy atom. The van der Waals surface area contributed by atoms with Gasteiger partial charge in [0, 0.05) is 17.3 Å². The molecule has 0 aromatic carbocycles. The van der Waals surface area contributed by atoms with Gasteiger partial charge in [-0.05, 0) is 19.8 Å². The Hall–Kier alpha value is -1.41. The number of nitrogens with one attached hydrogen (secondary N) is 1. The topological polar surface area (TPSA) is 72.7 Å². The van der Waals surface area contributed by atoms with Gasteiger partial charge in [0.25, 0.3) is 0 Å². The Labute approximate surface area is 137 Å². The number of carbonyl (C=O) groups is 1. The van der Waals surface area contributed by atoms with Crippen molar-refractivity contribution in [2.75, 3.05) is 11.1 Å². The summed E-state index contributed by atoms with van der Waals surface area (Å²) in [5.74, 6) is 1.62. The average molecular weight is 337 g/mol. The van der Waals surface area contributed by atoms with Crippen molar-refractivity contribution in [3.63, 3.8) is 0 Å². The second-order valence-electron chi connectivity index (χ2n) is 5.73. The zero-order valence-corrected chi connectivity index (χ0v) is 14.5. The number of hydrogen-bond acceptors (Lipinski definition) is 6. The second kappa shape index (κ2) is 6.37. The van der Waals surface area contributed by atoms with E-state index in [2.05, 4.69) is 38.9 Å². The molecule has 1 aliphatic rings. The first-order valence-corrected chi connectivity index (χ1v) is 9.20. The molecule has 2 aromatic heterocycles. The fraction of sp³-hybridized carbons (Fsp3) is 0.571. The molecule has 2 heterocycles. The van der Waals surface area contributed by atoms with Crippen LogP contribution in [0.3, 0.4) is 0 Å². The highest BCUT2D eigenvalue weighted by Crippen LogP contribution is 2.40. The van der Waals surface area contributed by atoms with Crippen molar-refractivity contribution in [2.45, 2.75) is 50.7 Å². The Balaban J connectivity index is 1.62. The number of thiazole rings is 1. The highest BCUT2D eigenvalue weighted by atomic mass is 32.2. The van der Waals surface area contributed by atoms with Gasteiger partial charge in [0.05, 0.1) is 11.4 Å². The number of nitrogens with zero attached hydrogens (tertiary/aromatic N) is 4. The van der Waals surface area contributed by atoms with Crippen LogP contribution in [-0.4, -0.2) is 31.4 Å². The van der Waals surface area contributed by atoms with Gasteiger partial charge in [0.1, 0.15) is 5.82 Å². The van der Waals surface area contributed by atoms with E-state index in [9.17, 15) is 4.79 Å². The lowest BCUT2D eigenvalue weighted by Crippen LogP contribution is -2.14. The van der Waals surface area contributed by atoms with Gasteiger partial charge < -0.3 is 9.88 Å². The second-order valence-corrected chi connectivity index (χ2v) is 7.53. The fourth-order valence-electron chi connectivity index (χ4n) is 2.15. The monoisotopic (exact) mass is 337 g/mol. The molecule has 8 heteroatoms. The number of anilines is 1. The first-order valence-electron chi connectivity index (χ1n) is 7.34. The molecule has 2 aromatic rings. The molecular formula is C14H19N5OS2. The molecule has 1 N–H and O–H groups in total. The lowest BCUT2D eigenvalue weighted by atomic mass is 10.2. The highest BCUT2D eigenvalue weighted by molar-refractivity contribution is 7.99. The van der Waals surface area contributed by atoms with Crippen molar-refractivity contribution in [1.82, 2.24) is 19.7 Å². The smallest absolute Gasteiger partial charge is 0.236 e. The van der Waals surface area contributed by atoms with Crippen molar-refractivity contribution in [2.24, 2.45) is 0 Å². The molecule has 0 saturated heterocycles. The van der Waals surface area contributed by atoms with E-state index < -0.39 is 0 Å². The SMILES string of the molecule is Cc1csc(NC(=O)CSc2nnc(C(C)C)n2C2CC2)n1. The third kappa shape index (κ3) is 3.49. The van der Waals surface area contributed by atoms with Crippen molar-refractivity contribution in [1.29, 1.82) is 0 Å². The van der Waals surface area contributed by atoms with E-state index in [1.807, 2.05) is 12.3 Å². The Morgan fingerprint density at radius 3 is 2.86 bits per heavy atom. The van der Waals surface area contributed by atoms with Crippen LogP contribution in [0.25, 0.3) is 0 Å². The van der Waals surface area contributed by atoms with Crippen LogP contribution in [0.5, 0.6) is 0 Å². The van der Waals surface area contributed by atoms with E-state index in [1.165, 1.54) is 35.9 Å². The molecule has 118 valence electrons. The Morgan fingerprint density at radius 2 is 2.27 bits per heavy atom. The quantitative estimate of drug-likeness (QED) is 0.819. The van der Waals surface area contributed by atoms with E-state index in [0.717, 1.165) is 16.7 Å². The van der Waals surface area contributed by atoms with Crippen molar-refractivity contribution < 1.29 is 4.79 Å². The van der Waals surface area contributed by atoms with Crippen molar-refractivity contribution >= 4 is 34.1 Å². The van der Waals surface area contributed by atoms with Gasteiger partial charge in [-0.15, -0.1) is 21.5 Å². The van der Waals surface area contributed by atoms with Gasteiger partial charge in [0.15, 0.2) is 10.3 Å². The summed E-state index contributed by atoms with van der Waals surface area (Å²) in [6.45, 7) is 6.15. The first kappa shape index (κ1) is 15.5. The van der Waals surface area contributed by atoms with Crippen LogP contribution in [0.15, 0.2) is 10.5 Å². The molecule has 1 amide bonds. The summed E-state index contributed by atoms with van der Waals surface area (Å²) in [5, 5.41) is 14.8. The standard InChI is InChI=1S/C14H19N5OS2/c1-8(2)12-17-18-14(19(12)10-4-5-10)22-7-11(20)16-13-15-9(3)6-21-13/h6,8,10H,4-5,7H2,1-3H3,(H,15,16,20). The van der Waals surface area contributed by atoms with Crippen molar-refractivity contribution in [3.8, 4) is 0 Å². The molecule has 0 atom stereocenters. The molecule has 0 aliphatic heterocycles. The summed E-state index contributed by atoms with van der Waals surface area (Å²) in [6, 6.07) is 0.513. The number of rotatable bonds is 6. The summed E-state index contributed by atoms with van der Waals surface area (Å²) in [5.41, 5.74) is 0.919. The molecule has 22 heavy (non-hydrogen) atoms. The molecule has 3 rings (SSSR count). The van der Waals surface area contributed by atoms with Crippen LogP contribution in [0.2, 0.25) is 0 Å². The number of hydrogen-bond donors (Lipinski definition) is 1. The molecule has 1 aliphatic carbocycles. The highest BCUT2D eigenvalue weighted by Gasteiger charge is 2.30. The molecule has 1 saturated carbocycles. The van der Waals surface area contributed by atoms with E-state index >= 15 is 0 Å². The lowest BCUT2D eigenvalue weighted by Gasteiger charge is -2.10. The Bertz CT molecular complexity index is 675. The number of amides is 1. The Kier molecular flexibility index (Phi) is 4.49. The zero-order chi connectivity index (χ0) is 15.7. The van der Waals surface area contributed by atoms with Gasteiger partial charge in [-0.1, -0.05) is 25.6 Å². The lowest BCUT2D eigenvalue weighted by molar-refractivity contribution is -0.113. The molecule has 0 unspecified atom stereocenters. The largest absolute Gasteiger partial charge is 0.303 e. The third-order valence-corrected chi connectivity index (χ3v) is 5.14. The van der Waals surface area contributed by atoms with E-state index in [4.69, 9.17) is 0 Å². The third-order valence-electron chi connectivity index (χ3n) is 3.32. The van der Waals surface area contributed by atoms with Crippen LogP contribution < -0.4 is 5.32 Å². The number of carbonyl (C=O) groups excluding carboxylic acids is 1. The normalized spacial score (nSPS) is 14.5. The summed E-state index contributed by atoms with van der Waals surface area (Å²) in [4.78, 5) is 16.2. The summed E-state index contributed by atoms with van der Waals surface area (Å²) in [6.07, 6.45) is 2.35. The minimum absolute atomic E-state index is 0.0595. The van der Waals surface area contributed by atoms with Gasteiger partial charge in [-0.25, -0.2) is 4.98 Å². The van der Waals surface area contributed by atoms with Crippen molar-refractivity contribution in [3.05, 3.63) is 16.9 Å².